The van der Waals surface area contributed by atoms with Gasteiger partial charge in [0.05, 0.1) is 17.6 Å². The van der Waals surface area contributed by atoms with Crippen LogP contribution in [0.5, 0.6) is 0 Å². The Morgan fingerprint density at radius 2 is 1.88 bits per heavy atom. The summed E-state index contributed by atoms with van der Waals surface area (Å²) in [4.78, 5) is 21.3. The van der Waals surface area contributed by atoms with Gasteiger partial charge in [-0.1, -0.05) is 19.1 Å². The molecule has 1 aromatic heterocycles. The van der Waals surface area contributed by atoms with Crippen LogP contribution in [-0.4, -0.2) is 22.5 Å². The second kappa shape index (κ2) is 7.25. The maximum Gasteiger partial charge on any atom is 0.360 e. The van der Waals surface area contributed by atoms with Crippen molar-refractivity contribution >= 4 is 28.5 Å². The van der Waals surface area contributed by atoms with Gasteiger partial charge in [0.2, 0.25) is 0 Å². The molecule has 128 valence electrons. The first-order valence-electron chi connectivity index (χ1n) is 8.05. The maximum atomic E-state index is 13.3. The first kappa shape index (κ1) is 16.8. The number of anilines is 2. The Bertz CT molecular complexity index is 928. The molecule has 0 atom stereocenters. The van der Waals surface area contributed by atoms with Gasteiger partial charge in [0.15, 0.2) is 11.5 Å². The quantitative estimate of drug-likeness (QED) is 0.699. The molecule has 0 bridgehead atoms. The van der Waals surface area contributed by atoms with Crippen LogP contribution in [0.15, 0.2) is 42.5 Å². The number of aromatic nitrogens is 2. The Hall–Kier alpha value is -3.02. The van der Waals surface area contributed by atoms with Gasteiger partial charge in [-0.25, -0.2) is 19.2 Å². The zero-order valence-electron chi connectivity index (χ0n) is 14.0. The number of rotatable bonds is 5. The van der Waals surface area contributed by atoms with E-state index in [9.17, 15) is 9.18 Å². The number of aryl methyl sites for hydroxylation is 1. The summed E-state index contributed by atoms with van der Waals surface area (Å²) in [5.74, 6) is -0.577. The number of hydrogen-bond donors (Lipinski definition) is 1. The number of nitrogens with zero attached hydrogens (tertiary/aromatic N) is 2. The van der Waals surface area contributed by atoms with E-state index in [-0.39, 0.29) is 17.3 Å². The van der Waals surface area contributed by atoms with Crippen molar-refractivity contribution in [2.45, 2.75) is 20.3 Å². The predicted octanol–water partition coefficient (Wildman–Crippen LogP) is 4.39. The maximum absolute atomic E-state index is 13.3. The molecule has 3 rings (SSSR count). The molecule has 1 heterocycles. The van der Waals surface area contributed by atoms with E-state index in [0.29, 0.717) is 35.3 Å². The number of esters is 1. The second-order valence-corrected chi connectivity index (χ2v) is 5.63. The van der Waals surface area contributed by atoms with Gasteiger partial charge < -0.3 is 10.1 Å². The smallest absolute Gasteiger partial charge is 0.360 e. The van der Waals surface area contributed by atoms with E-state index < -0.39 is 5.97 Å². The Balaban J connectivity index is 2.05. The minimum atomic E-state index is -0.539. The molecule has 3 aromatic rings. The largest absolute Gasteiger partial charge is 0.461 e. The number of ether oxygens (including phenoxy) is 1. The summed E-state index contributed by atoms with van der Waals surface area (Å²) in [6.07, 6.45) is 0.715. The number of benzene rings is 2. The highest BCUT2D eigenvalue weighted by Gasteiger charge is 2.18. The summed E-state index contributed by atoms with van der Waals surface area (Å²) in [6, 6.07) is 11.6. The van der Waals surface area contributed by atoms with Crippen molar-refractivity contribution in [2.24, 2.45) is 0 Å². The number of hydrogen-bond acceptors (Lipinski definition) is 5. The highest BCUT2D eigenvalue weighted by atomic mass is 19.1. The van der Waals surface area contributed by atoms with Crippen molar-refractivity contribution in [2.75, 3.05) is 11.9 Å². The molecule has 0 aliphatic heterocycles. The molecule has 0 amide bonds. The Morgan fingerprint density at radius 3 is 2.56 bits per heavy atom. The zero-order chi connectivity index (χ0) is 17.8. The van der Waals surface area contributed by atoms with Crippen LogP contribution in [0.3, 0.4) is 0 Å². The molecule has 0 unspecified atom stereocenters. The van der Waals surface area contributed by atoms with Crippen LogP contribution in [0.4, 0.5) is 15.9 Å². The number of para-hydroxylation sites is 2. The van der Waals surface area contributed by atoms with Crippen molar-refractivity contribution in [1.29, 1.82) is 0 Å². The summed E-state index contributed by atoms with van der Waals surface area (Å²) in [7, 11) is 0. The van der Waals surface area contributed by atoms with E-state index in [1.807, 2.05) is 25.1 Å². The lowest BCUT2D eigenvalue weighted by Crippen LogP contribution is -2.13. The van der Waals surface area contributed by atoms with Gasteiger partial charge in [0, 0.05) is 5.69 Å². The van der Waals surface area contributed by atoms with Crippen LogP contribution in [-0.2, 0) is 4.74 Å². The standard InChI is InChI=1S/C19H18FN3O2/c1-3-10-25-19(24)17-18(22-14-9-8-13(20)11-12(14)2)23-16-7-5-4-6-15(16)21-17/h4-9,11H,3,10H2,1-2H3,(H,22,23). The minimum absolute atomic E-state index is 0.107. The highest BCUT2D eigenvalue weighted by molar-refractivity contribution is 5.96. The Morgan fingerprint density at radius 1 is 1.16 bits per heavy atom. The summed E-state index contributed by atoms with van der Waals surface area (Å²) >= 11 is 0. The van der Waals surface area contributed by atoms with Crippen LogP contribution >= 0.6 is 0 Å². The van der Waals surface area contributed by atoms with Crippen LogP contribution in [0, 0.1) is 12.7 Å². The van der Waals surface area contributed by atoms with Crippen molar-refractivity contribution in [3.8, 4) is 0 Å². The van der Waals surface area contributed by atoms with Crippen molar-refractivity contribution in [3.63, 3.8) is 0 Å². The molecule has 0 radical (unpaired) electrons. The zero-order valence-corrected chi connectivity index (χ0v) is 14.0. The molecule has 0 saturated carbocycles. The van der Waals surface area contributed by atoms with Gasteiger partial charge in [-0.05, 0) is 49.2 Å². The number of halogens is 1. The van der Waals surface area contributed by atoms with Crippen LogP contribution < -0.4 is 5.32 Å². The van der Waals surface area contributed by atoms with Gasteiger partial charge in [0.1, 0.15) is 5.82 Å². The van der Waals surface area contributed by atoms with Gasteiger partial charge in [-0.2, -0.15) is 0 Å². The summed E-state index contributed by atoms with van der Waals surface area (Å²) in [6.45, 7) is 4.00. The molecule has 0 aliphatic rings. The van der Waals surface area contributed by atoms with Crippen LogP contribution in [0.1, 0.15) is 29.4 Å². The average Bonchev–Trinajstić information content (AvgIpc) is 2.61. The monoisotopic (exact) mass is 339 g/mol. The van der Waals surface area contributed by atoms with E-state index in [1.54, 1.807) is 19.1 Å². The minimum Gasteiger partial charge on any atom is -0.461 e. The van der Waals surface area contributed by atoms with Crippen molar-refractivity contribution in [1.82, 2.24) is 9.97 Å². The van der Waals surface area contributed by atoms with Crippen molar-refractivity contribution < 1.29 is 13.9 Å². The summed E-state index contributed by atoms with van der Waals surface area (Å²) in [5, 5.41) is 3.08. The number of carbonyl (C=O) groups excluding carboxylic acids is 1. The normalized spacial score (nSPS) is 10.7. The van der Waals surface area contributed by atoms with Crippen LogP contribution in [0.25, 0.3) is 11.0 Å². The fraction of sp³-hybridized carbons (Fsp3) is 0.211. The van der Waals surface area contributed by atoms with E-state index in [0.717, 1.165) is 0 Å². The molecule has 1 N–H and O–H groups in total. The van der Waals surface area contributed by atoms with E-state index in [4.69, 9.17) is 4.74 Å². The highest BCUT2D eigenvalue weighted by Crippen LogP contribution is 2.24. The first-order chi connectivity index (χ1) is 12.1. The second-order valence-electron chi connectivity index (χ2n) is 5.63. The fourth-order valence-corrected chi connectivity index (χ4v) is 2.39. The number of fused-ring (bicyclic) bond motifs is 1. The lowest BCUT2D eigenvalue weighted by atomic mass is 10.2. The SMILES string of the molecule is CCCOC(=O)c1nc2ccccc2nc1Nc1ccc(F)cc1C. The Kier molecular flexibility index (Phi) is 4.88. The molecule has 0 saturated heterocycles. The summed E-state index contributed by atoms with van der Waals surface area (Å²) in [5.41, 5.74) is 2.71. The number of carbonyl (C=O) groups is 1. The number of nitrogens with one attached hydrogen (secondary N) is 1. The van der Waals surface area contributed by atoms with E-state index >= 15 is 0 Å². The topological polar surface area (TPSA) is 64.1 Å². The lowest BCUT2D eigenvalue weighted by molar-refractivity contribution is 0.0499. The van der Waals surface area contributed by atoms with Gasteiger partial charge in [0.25, 0.3) is 0 Å². The third-order valence-corrected chi connectivity index (χ3v) is 3.64. The molecular weight excluding hydrogens is 321 g/mol. The molecule has 0 spiro atoms. The lowest BCUT2D eigenvalue weighted by Gasteiger charge is -2.13. The van der Waals surface area contributed by atoms with Gasteiger partial charge >= 0.3 is 5.97 Å². The van der Waals surface area contributed by atoms with Gasteiger partial charge in [-0.3, -0.25) is 0 Å². The molecule has 25 heavy (non-hydrogen) atoms. The fourth-order valence-electron chi connectivity index (χ4n) is 2.39. The van der Waals surface area contributed by atoms with Gasteiger partial charge in [-0.15, -0.1) is 0 Å². The van der Waals surface area contributed by atoms with E-state index in [1.165, 1.54) is 12.1 Å². The first-order valence-corrected chi connectivity index (χ1v) is 8.05. The van der Waals surface area contributed by atoms with E-state index in [2.05, 4.69) is 15.3 Å². The third-order valence-electron chi connectivity index (χ3n) is 3.64. The molecule has 5 nitrogen and oxygen atoms in total. The molecular formula is C19H18FN3O2. The molecule has 2 aromatic carbocycles. The molecule has 6 heteroatoms. The summed E-state index contributed by atoms with van der Waals surface area (Å²) < 4.78 is 18.5. The molecule has 0 aliphatic carbocycles. The molecule has 0 fully saturated rings. The third kappa shape index (κ3) is 3.74. The van der Waals surface area contributed by atoms with Crippen LogP contribution in [0.2, 0.25) is 0 Å². The van der Waals surface area contributed by atoms with Crippen molar-refractivity contribution in [3.05, 3.63) is 59.5 Å². The average molecular weight is 339 g/mol. The Labute approximate surface area is 144 Å². The predicted molar refractivity (Wildman–Crippen MR) is 94.5 cm³/mol.